The van der Waals surface area contributed by atoms with Crippen LogP contribution >= 0.6 is 0 Å². The van der Waals surface area contributed by atoms with Crippen LogP contribution in [-0.4, -0.2) is 0 Å². The third-order valence-electron chi connectivity index (χ3n) is 10.7. The first-order valence-corrected chi connectivity index (χ1v) is 18.1. The molecule has 0 aromatic heterocycles. The monoisotopic (exact) mass is 650 g/mol. The van der Waals surface area contributed by atoms with Gasteiger partial charge in [0, 0.05) is 0 Å². The molecule has 0 N–H and O–H groups in total. The second kappa shape index (κ2) is 12.6. The van der Waals surface area contributed by atoms with Gasteiger partial charge in [-0.3, -0.25) is 0 Å². The second-order valence-electron chi connectivity index (χ2n) is 13.2. The van der Waals surface area contributed by atoms with Crippen LogP contribution < -0.4 is 0 Å². The molecular weight excluding hydrogens is 613 g/mol. The topological polar surface area (TPSA) is 0 Å². The van der Waals surface area contributed by atoms with Crippen molar-refractivity contribution in [1.82, 2.24) is 0 Å². The largest absolute Gasteiger partial charge is 0.0714 e. The van der Waals surface area contributed by atoms with Crippen LogP contribution in [-0.2, 0) is 5.41 Å². The predicted molar refractivity (Wildman–Crippen MR) is 218 cm³/mol. The number of hydrogen-bond acceptors (Lipinski definition) is 0. The molecule has 1 aliphatic rings. The first kappa shape index (κ1) is 30.8. The number of rotatable bonds is 4. The lowest BCUT2D eigenvalue weighted by atomic mass is 9.67. The first-order chi connectivity index (χ1) is 25.3. The molecular formula is C51H38. The van der Waals surface area contributed by atoms with E-state index < -0.39 is 5.41 Å². The molecule has 9 aromatic carbocycles. The van der Waals surface area contributed by atoms with Crippen molar-refractivity contribution in [2.24, 2.45) is 0 Å². The average Bonchev–Trinajstić information content (AvgIpc) is 3.52. The first-order valence-electron chi connectivity index (χ1n) is 18.1. The molecule has 0 nitrogen and oxygen atoms in total. The molecule has 0 spiro atoms. The van der Waals surface area contributed by atoms with Gasteiger partial charge in [0.05, 0.1) is 5.41 Å². The van der Waals surface area contributed by atoms with E-state index >= 15 is 0 Å². The summed E-state index contributed by atoms with van der Waals surface area (Å²) in [4.78, 5) is 0. The van der Waals surface area contributed by atoms with Crippen molar-refractivity contribution in [1.29, 1.82) is 0 Å². The van der Waals surface area contributed by atoms with E-state index in [4.69, 9.17) is 0 Å². The summed E-state index contributed by atoms with van der Waals surface area (Å²) in [5.74, 6) is 0. The summed E-state index contributed by atoms with van der Waals surface area (Å²) < 4.78 is 0. The van der Waals surface area contributed by atoms with Crippen molar-refractivity contribution in [3.8, 4) is 33.4 Å². The molecule has 0 aliphatic heterocycles. The van der Waals surface area contributed by atoms with Gasteiger partial charge in [-0.2, -0.15) is 0 Å². The van der Waals surface area contributed by atoms with Gasteiger partial charge in [-0.05, 0) is 100 Å². The zero-order valence-electron chi connectivity index (χ0n) is 29.0. The molecule has 0 heterocycles. The Morgan fingerprint density at radius 2 is 0.804 bits per heavy atom. The lowest BCUT2D eigenvalue weighted by molar-refractivity contribution is 0.769. The Morgan fingerprint density at radius 1 is 0.314 bits per heavy atom. The molecule has 242 valence electrons. The minimum Gasteiger partial charge on any atom is -0.0683 e. The molecule has 0 atom stereocenters. The van der Waals surface area contributed by atoms with Crippen molar-refractivity contribution in [3.05, 3.63) is 216 Å². The molecule has 0 unspecified atom stereocenters. The van der Waals surface area contributed by atoms with E-state index in [-0.39, 0.29) is 0 Å². The maximum atomic E-state index is 2.52. The maximum Gasteiger partial charge on any atom is 0.0714 e. The minimum absolute atomic E-state index is 0.531. The summed E-state index contributed by atoms with van der Waals surface area (Å²) in [5.41, 5.74) is 12.3. The Balaban J connectivity index is 0.00000171. The molecule has 0 heteroatoms. The SMILES string of the molecule is CC.c1ccc(C2(c3ccccc3)c3cc(-c4cccc5ccccc45)ccc3-c3c2cc(-c2cccc4ccccc24)c2ccccc32)cc1. The van der Waals surface area contributed by atoms with Crippen LogP contribution in [0.3, 0.4) is 0 Å². The second-order valence-corrected chi connectivity index (χ2v) is 13.2. The molecule has 51 heavy (non-hydrogen) atoms. The van der Waals surface area contributed by atoms with Crippen molar-refractivity contribution in [2.75, 3.05) is 0 Å². The highest BCUT2D eigenvalue weighted by Crippen LogP contribution is 2.59. The summed E-state index contributed by atoms with van der Waals surface area (Å²) in [6.07, 6.45) is 0. The van der Waals surface area contributed by atoms with Crippen LogP contribution in [0, 0.1) is 0 Å². The lowest BCUT2D eigenvalue weighted by Crippen LogP contribution is -2.28. The third kappa shape index (κ3) is 4.68. The predicted octanol–water partition coefficient (Wildman–Crippen LogP) is 13.9. The summed E-state index contributed by atoms with van der Waals surface area (Å²) in [6.45, 7) is 4.00. The highest BCUT2D eigenvalue weighted by molar-refractivity contribution is 6.13. The van der Waals surface area contributed by atoms with Crippen LogP contribution in [0.25, 0.3) is 65.7 Å². The zero-order valence-corrected chi connectivity index (χ0v) is 29.0. The maximum absolute atomic E-state index is 2.52. The number of benzene rings is 9. The van der Waals surface area contributed by atoms with E-state index in [2.05, 4.69) is 194 Å². The van der Waals surface area contributed by atoms with Crippen LogP contribution in [0.4, 0.5) is 0 Å². The van der Waals surface area contributed by atoms with Crippen molar-refractivity contribution in [3.63, 3.8) is 0 Å². The van der Waals surface area contributed by atoms with Crippen LogP contribution in [0.2, 0.25) is 0 Å². The summed E-state index contributed by atoms with van der Waals surface area (Å²) in [5, 5.41) is 7.62. The quantitative estimate of drug-likeness (QED) is 0.178. The third-order valence-corrected chi connectivity index (χ3v) is 10.7. The van der Waals surface area contributed by atoms with Gasteiger partial charge in [-0.15, -0.1) is 0 Å². The Bertz CT molecular complexity index is 2650. The van der Waals surface area contributed by atoms with E-state index in [1.165, 1.54) is 88.0 Å². The zero-order chi connectivity index (χ0) is 34.4. The molecule has 0 saturated heterocycles. The molecule has 0 saturated carbocycles. The molecule has 0 fully saturated rings. The average molecular weight is 651 g/mol. The van der Waals surface area contributed by atoms with Gasteiger partial charge >= 0.3 is 0 Å². The van der Waals surface area contributed by atoms with Gasteiger partial charge < -0.3 is 0 Å². The fourth-order valence-corrected chi connectivity index (χ4v) is 8.67. The van der Waals surface area contributed by atoms with Crippen molar-refractivity contribution < 1.29 is 0 Å². The van der Waals surface area contributed by atoms with Gasteiger partial charge in [0.25, 0.3) is 0 Å². The Kier molecular flexibility index (Phi) is 7.59. The van der Waals surface area contributed by atoms with Crippen LogP contribution in [0.15, 0.2) is 194 Å². The van der Waals surface area contributed by atoms with E-state index in [1.54, 1.807) is 0 Å². The van der Waals surface area contributed by atoms with E-state index in [0.29, 0.717) is 0 Å². The van der Waals surface area contributed by atoms with Gasteiger partial charge in [-0.1, -0.05) is 196 Å². The van der Waals surface area contributed by atoms with Crippen molar-refractivity contribution in [2.45, 2.75) is 19.3 Å². The summed E-state index contributed by atoms with van der Waals surface area (Å²) in [6, 6.07) is 72.0. The fourth-order valence-electron chi connectivity index (χ4n) is 8.67. The molecule has 0 amide bonds. The molecule has 1 aliphatic carbocycles. The van der Waals surface area contributed by atoms with E-state index in [1.807, 2.05) is 13.8 Å². The standard InChI is InChI=1S/C49H32.C2H6/c1-3-19-36(20-4-1)49(37-21-5-2-6-22-37)46-31-35(40-27-13-17-33-15-7-9-23-38(33)40)29-30-44(46)48-43-26-12-11-25-42(43)45(32-47(48)49)41-28-14-18-34-16-8-10-24-39(34)41;1-2/h1-32H;1-2H3. The van der Waals surface area contributed by atoms with Gasteiger partial charge in [0.1, 0.15) is 0 Å². The Morgan fingerprint density at radius 3 is 1.43 bits per heavy atom. The summed E-state index contributed by atoms with van der Waals surface area (Å²) >= 11 is 0. The van der Waals surface area contributed by atoms with Gasteiger partial charge in [0.15, 0.2) is 0 Å². The highest BCUT2D eigenvalue weighted by atomic mass is 14.5. The summed E-state index contributed by atoms with van der Waals surface area (Å²) in [7, 11) is 0. The van der Waals surface area contributed by atoms with E-state index in [9.17, 15) is 0 Å². The number of fused-ring (bicyclic) bond motifs is 7. The minimum atomic E-state index is -0.531. The molecule has 0 radical (unpaired) electrons. The van der Waals surface area contributed by atoms with E-state index in [0.717, 1.165) is 0 Å². The Hall–Kier alpha value is -6.24. The smallest absolute Gasteiger partial charge is 0.0683 e. The highest BCUT2D eigenvalue weighted by Gasteiger charge is 2.47. The van der Waals surface area contributed by atoms with Crippen LogP contribution in [0.5, 0.6) is 0 Å². The van der Waals surface area contributed by atoms with Crippen LogP contribution in [0.1, 0.15) is 36.1 Å². The lowest BCUT2D eigenvalue weighted by Gasteiger charge is -2.34. The molecule has 9 aromatic rings. The normalized spacial score (nSPS) is 12.7. The van der Waals surface area contributed by atoms with Gasteiger partial charge in [0.2, 0.25) is 0 Å². The molecule has 0 bridgehead atoms. The number of hydrogen-bond donors (Lipinski definition) is 0. The van der Waals surface area contributed by atoms with Gasteiger partial charge in [-0.25, -0.2) is 0 Å². The van der Waals surface area contributed by atoms with Crippen molar-refractivity contribution >= 4 is 32.3 Å². The Labute approximate surface area is 300 Å². The fraction of sp³-hybridized carbons (Fsp3) is 0.0588. The molecule has 10 rings (SSSR count).